The molecule has 0 heterocycles. The van der Waals surface area contributed by atoms with Crippen LogP contribution in [0.1, 0.15) is 33.6 Å². The van der Waals surface area contributed by atoms with Gasteiger partial charge >= 0.3 is 5.97 Å². The molecule has 80 valence electrons. The molecule has 0 aliphatic rings. The fourth-order valence-corrected chi connectivity index (χ4v) is 1.23. The second-order valence-corrected chi connectivity index (χ2v) is 3.70. The summed E-state index contributed by atoms with van der Waals surface area (Å²) in [5.74, 6) is 1.53. The minimum Gasteiger partial charge on any atom is -0.466 e. The van der Waals surface area contributed by atoms with Gasteiger partial charge < -0.3 is 9.84 Å². The molecule has 3 heteroatoms. The third-order valence-electron chi connectivity index (χ3n) is 2.00. The molecular formula is C11H18O3. The normalized spacial score (nSPS) is 13.1. The van der Waals surface area contributed by atoms with Crippen molar-refractivity contribution >= 4 is 5.97 Å². The molecule has 0 aliphatic heterocycles. The highest BCUT2D eigenvalue weighted by molar-refractivity contribution is 5.73. The van der Waals surface area contributed by atoms with Crippen LogP contribution in [0.15, 0.2) is 0 Å². The van der Waals surface area contributed by atoms with E-state index in [1.54, 1.807) is 20.8 Å². The summed E-state index contributed by atoms with van der Waals surface area (Å²) in [7, 11) is 0. The van der Waals surface area contributed by atoms with Gasteiger partial charge in [-0.1, -0.05) is 0 Å². The smallest absolute Gasteiger partial charge is 0.311 e. The molecule has 0 fully saturated rings. The van der Waals surface area contributed by atoms with Gasteiger partial charge in [-0.3, -0.25) is 4.79 Å². The zero-order valence-electron chi connectivity index (χ0n) is 9.04. The predicted octanol–water partition coefficient (Wildman–Crippen LogP) is 1.35. The van der Waals surface area contributed by atoms with Crippen molar-refractivity contribution in [1.29, 1.82) is 0 Å². The molecule has 0 aromatic carbocycles. The van der Waals surface area contributed by atoms with Gasteiger partial charge in [0.15, 0.2) is 0 Å². The summed E-state index contributed by atoms with van der Waals surface area (Å²) < 4.78 is 4.86. The highest BCUT2D eigenvalue weighted by Crippen LogP contribution is 2.22. The number of hydrogen-bond acceptors (Lipinski definition) is 3. The molecule has 0 amide bonds. The van der Waals surface area contributed by atoms with Gasteiger partial charge in [-0.25, -0.2) is 0 Å². The Morgan fingerprint density at radius 2 is 2.21 bits per heavy atom. The van der Waals surface area contributed by atoms with Gasteiger partial charge in [-0.2, -0.15) is 0 Å². The Morgan fingerprint density at radius 1 is 1.64 bits per heavy atom. The number of aliphatic hydroxyl groups is 1. The van der Waals surface area contributed by atoms with Crippen LogP contribution in [0.25, 0.3) is 0 Å². The van der Waals surface area contributed by atoms with E-state index in [0.717, 1.165) is 0 Å². The number of hydrogen-bond donors (Lipinski definition) is 1. The summed E-state index contributed by atoms with van der Waals surface area (Å²) in [5.41, 5.74) is -1.08. The van der Waals surface area contributed by atoms with Gasteiger partial charge in [-0.15, -0.1) is 12.3 Å². The third kappa shape index (κ3) is 4.29. The van der Waals surface area contributed by atoms with E-state index in [-0.39, 0.29) is 5.97 Å². The van der Waals surface area contributed by atoms with E-state index in [1.807, 2.05) is 0 Å². The van der Waals surface area contributed by atoms with Crippen LogP contribution in [-0.2, 0) is 9.53 Å². The topological polar surface area (TPSA) is 46.5 Å². The van der Waals surface area contributed by atoms with E-state index in [2.05, 4.69) is 5.92 Å². The molecule has 0 aromatic heterocycles. The highest BCUT2D eigenvalue weighted by atomic mass is 16.5. The fraction of sp³-hybridized carbons (Fsp3) is 0.727. The molecule has 0 bridgehead atoms. The average molecular weight is 198 g/mol. The second kappa shape index (κ2) is 5.66. The number of ether oxygens (including phenoxy) is 1. The lowest BCUT2D eigenvalue weighted by molar-refractivity contribution is -0.156. The first-order chi connectivity index (χ1) is 6.43. The van der Waals surface area contributed by atoms with Crippen molar-refractivity contribution in [1.82, 2.24) is 0 Å². The van der Waals surface area contributed by atoms with Gasteiger partial charge in [0.1, 0.15) is 0 Å². The predicted molar refractivity (Wildman–Crippen MR) is 54.5 cm³/mol. The van der Waals surface area contributed by atoms with Crippen LogP contribution in [0.5, 0.6) is 0 Å². The molecule has 0 rings (SSSR count). The Hall–Kier alpha value is -1.01. The van der Waals surface area contributed by atoms with Crippen LogP contribution in [0.3, 0.4) is 0 Å². The Labute approximate surface area is 85.5 Å². The summed E-state index contributed by atoms with van der Waals surface area (Å²) in [6.45, 7) is 5.23. The minimum atomic E-state index is -1.08. The molecule has 0 aromatic rings. The Morgan fingerprint density at radius 3 is 2.57 bits per heavy atom. The standard InChI is InChI=1S/C11H18O3/c1-5-7-8-9(11(3,4)13)10(12)14-6-2/h1,9,13H,6-8H2,2-4H3. The van der Waals surface area contributed by atoms with Crippen molar-refractivity contribution in [2.75, 3.05) is 6.61 Å². The van der Waals surface area contributed by atoms with E-state index in [9.17, 15) is 9.90 Å². The lowest BCUT2D eigenvalue weighted by atomic mass is 9.87. The minimum absolute atomic E-state index is 0.321. The number of carbonyl (C=O) groups excluding carboxylic acids is 1. The maximum atomic E-state index is 11.4. The zero-order valence-corrected chi connectivity index (χ0v) is 9.04. The van der Waals surface area contributed by atoms with E-state index in [4.69, 9.17) is 11.2 Å². The first-order valence-corrected chi connectivity index (χ1v) is 4.76. The molecule has 0 spiro atoms. The van der Waals surface area contributed by atoms with Crippen LogP contribution in [0.4, 0.5) is 0 Å². The van der Waals surface area contributed by atoms with E-state index < -0.39 is 11.5 Å². The van der Waals surface area contributed by atoms with Gasteiger partial charge in [0.05, 0.1) is 18.1 Å². The number of terminal acetylenes is 1. The van der Waals surface area contributed by atoms with Crippen molar-refractivity contribution in [3.8, 4) is 12.3 Å². The highest BCUT2D eigenvalue weighted by Gasteiger charge is 2.33. The molecule has 1 unspecified atom stereocenters. The molecule has 0 radical (unpaired) electrons. The quantitative estimate of drug-likeness (QED) is 0.536. The van der Waals surface area contributed by atoms with Crippen LogP contribution in [0.2, 0.25) is 0 Å². The van der Waals surface area contributed by atoms with Crippen molar-refractivity contribution in [2.45, 2.75) is 39.2 Å². The zero-order chi connectivity index (χ0) is 11.2. The first-order valence-electron chi connectivity index (χ1n) is 4.76. The first kappa shape index (κ1) is 13.0. The molecule has 1 N–H and O–H groups in total. The third-order valence-corrected chi connectivity index (χ3v) is 2.00. The lowest BCUT2D eigenvalue weighted by Crippen LogP contribution is -2.37. The number of carbonyl (C=O) groups is 1. The lowest BCUT2D eigenvalue weighted by Gasteiger charge is -2.26. The van der Waals surface area contributed by atoms with Crippen molar-refractivity contribution < 1.29 is 14.6 Å². The molecule has 0 aliphatic carbocycles. The maximum absolute atomic E-state index is 11.4. The van der Waals surface area contributed by atoms with Crippen LogP contribution in [0, 0.1) is 18.3 Å². The average Bonchev–Trinajstić information content (AvgIpc) is 2.03. The summed E-state index contributed by atoms with van der Waals surface area (Å²) >= 11 is 0. The van der Waals surface area contributed by atoms with Crippen molar-refractivity contribution in [3.63, 3.8) is 0 Å². The Bertz CT molecular complexity index is 220. The largest absolute Gasteiger partial charge is 0.466 e. The summed E-state index contributed by atoms with van der Waals surface area (Å²) in [6, 6.07) is 0. The maximum Gasteiger partial charge on any atom is 0.311 e. The van der Waals surface area contributed by atoms with Gasteiger partial charge in [-0.05, 0) is 27.2 Å². The SMILES string of the molecule is C#CCCC(C(=O)OCC)C(C)(C)O. The van der Waals surface area contributed by atoms with Crippen molar-refractivity contribution in [2.24, 2.45) is 5.92 Å². The second-order valence-electron chi connectivity index (χ2n) is 3.70. The van der Waals surface area contributed by atoms with Gasteiger partial charge in [0, 0.05) is 6.42 Å². The number of esters is 1. The van der Waals surface area contributed by atoms with Gasteiger partial charge in [0.25, 0.3) is 0 Å². The molecule has 14 heavy (non-hydrogen) atoms. The monoisotopic (exact) mass is 198 g/mol. The van der Waals surface area contributed by atoms with Crippen LogP contribution in [-0.4, -0.2) is 23.3 Å². The fourth-order valence-electron chi connectivity index (χ4n) is 1.23. The summed E-state index contributed by atoms with van der Waals surface area (Å²) in [4.78, 5) is 11.4. The van der Waals surface area contributed by atoms with Crippen molar-refractivity contribution in [3.05, 3.63) is 0 Å². The Kier molecular flexibility index (Phi) is 5.26. The van der Waals surface area contributed by atoms with Gasteiger partial charge in [0.2, 0.25) is 0 Å². The molecule has 0 saturated heterocycles. The van der Waals surface area contributed by atoms with E-state index in [0.29, 0.717) is 19.4 Å². The molecule has 1 atom stereocenters. The van der Waals surface area contributed by atoms with Crippen LogP contribution >= 0.6 is 0 Å². The molecule has 0 saturated carbocycles. The van der Waals surface area contributed by atoms with E-state index >= 15 is 0 Å². The summed E-state index contributed by atoms with van der Waals surface area (Å²) in [5, 5.41) is 9.73. The van der Waals surface area contributed by atoms with E-state index in [1.165, 1.54) is 0 Å². The Balaban J connectivity index is 4.41. The molecule has 3 nitrogen and oxygen atoms in total. The van der Waals surface area contributed by atoms with Crippen LogP contribution < -0.4 is 0 Å². The summed E-state index contributed by atoms with van der Waals surface area (Å²) in [6.07, 6.45) is 6.03. The number of rotatable bonds is 5. The molecular weight excluding hydrogens is 180 g/mol.